The first kappa shape index (κ1) is 15.2. The van der Waals surface area contributed by atoms with Gasteiger partial charge in [0.25, 0.3) is 0 Å². The van der Waals surface area contributed by atoms with Gasteiger partial charge in [0.2, 0.25) is 0 Å². The molecule has 22 heavy (non-hydrogen) atoms. The monoisotopic (exact) mass is 304 g/mol. The number of rotatable bonds is 5. The van der Waals surface area contributed by atoms with Gasteiger partial charge in [-0.1, -0.05) is 12.1 Å². The molecule has 1 heterocycles. The summed E-state index contributed by atoms with van der Waals surface area (Å²) in [6, 6.07) is 7.40. The lowest BCUT2D eigenvalue weighted by molar-refractivity contribution is 0.112. The number of carbonyl (C=O) groups excluding carboxylic acids is 1. The van der Waals surface area contributed by atoms with E-state index in [1.54, 1.807) is 0 Å². The fourth-order valence-corrected chi connectivity index (χ4v) is 3.04. The van der Waals surface area contributed by atoms with Crippen molar-refractivity contribution in [1.82, 2.24) is 5.32 Å². The Balaban J connectivity index is 1.53. The van der Waals surface area contributed by atoms with E-state index >= 15 is 0 Å². The predicted molar refractivity (Wildman–Crippen MR) is 85.3 cm³/mol. The zero-order valence-corrected chi connectivity index (χ0v) is 12.8. The third-order valence-electron chi connectivity index (χ3n) is 4.25. The lowest BCUT2D eigenvalue weighted by atomic mass is 10.2. The molecule has 1 saturated heterocycles. The quantitative estimate of drug-likeness (QED) is 0.877. The van der Waals surface area contributed by atoms with E-state index in [1.165, 1.54) is 12.8 Å². The standard InChI is InChI=1S/C17H24N2O3/c20-17(18-12-14-8-5-11-21-14)19-15-9-3-4-10-16(15)22-13-6-1-2-7-13/h3-4,9-10,13-14H,1-2,5-8,11-12H2,(H2,18,19,20). The molecule has 1 aromatic carbocycles. The van der Waals surface area contributed by atoms with E-state index < -0.39 is 0 Å². The second kappa shape index (κ2) is 7.49. The fraction of sp³-hybridized carbons (Fsp3) is 0.588. The molecule has 2 amide bonds. The van der Waals surface area contributed by atoms with Crippen LogP contribution in [0.15, 0.2) is 24.3 Å². The molecule has 2 N–H and O–H groups in total. The molecule has 1 unspecified atom stereocenters. The lowest BCUT2D eigenvalue weighted by Crippen LogP contribution is -2.35. The van der Waals surface area contributed by atoms with E-state index in [9.17, 15) is 4.79 Å². The molecule has 1 aliphatic heterocycles. The van der Waals surface area contributed by atoms with Crippen LogP contribution in [0, 0.1) is 0 Å². The van der Waals surface area contributed by atoms with Gasteiger partial charge in [0, 0.05) is 13.2 Å². The largest absolute Gasteiger partial charge is 0.488 e. The van der Waals surface area contributed by atoms with Crippen LogP contribution in [0.2, 0.25) is 0 Å². The minimum absolute atomic E-state index is 0.149. The Morgan fingerprint density at radius 1 is 1.18 bits per heavy atom. The molecule has 1 aromatic rings. The van der Waals surface area contributed by atoms with E-state index in [4.69, 9.17) is 9.47 Å². The Kier molecular flexibility index (Phi) is 5.16. The molecule has 2 fully saturated rings. The van der Waals surface area contributed by atoms with Gasteiger partial charge in [-0.05, 0) is 50.7 Å². The molecular formula is C17H24N2O3. The van der Waals surface area contributed by atoms with Gasteiger partial charge in [-0.2, -0.15) is 0 Å². The average Bonchev–Trinajstić information content (AvgIpc) is 3.20. The van der Waals surface area contributed by atoms with Crippen LogP contribution in [0.1, 0.15) is 38.5 Å². The first-order valence-electron chi connectivity index (χ1n) is 8.23. The van der Waals surface area contributed by atoms with E-state index in [2.05, 4.69) is 10.6 Å². The van der Waals surface area contributed by atoms with Gasteiger partial charge in [0.15, 0.2) is 0 Å². The third-order valence-corrected chi connectivity index (χ3v) is 4.25. The molecule has 1 aliphatic carbocycles. The van der Waals surface area contributed by atoms with Crippen molar-refractivity contribution in [3.05, 3.63) is 24.3 Å². The second-order valence-corrected chi connectivity index (χ2v) is 5.99. The van der Waals surface area contributed by atoms with Crippen LogP contribution in [-0.2, 0) is 4.74 Å². The molecular weight excluding hydrogens is 280 g/mol. The highest BCUT2D eigenvalue weighted by Gasteiger charge is 2.19. The number of hydrogen-bond acceptors (Lipinski definition) is 3. The molecule has 3 rings (SSSR count). The zero-order chi connectivity index (χ0) is 15.2. The minimum atomic E-state index is -0.210. The van der Waals surface area contributed by atoms with Crippen LogP contribution in [0.4, 0.5) is 10.5 Å². The maximum absolute atomic E-state index is 12.0. The van der Waals surface area contributed by atoms with Crippen molar-refractivity contribution in [2.45, 2.75) is 50.7 Å². The van der Waals surface area contributed by atoms with Crippen molar-refractivity contribution in [2.75, 3.05) is 18.5 Å². The molecule has 0 spiro atoms. The molecule has 120 valence electrons. The number of nitrogens with one attached hydrogen (secondary N) is 2. The number of carbonyl (C=O) groups is 1. The van der Waals surface area contributed by atoms with Gasteiger partial charge < -0.3 is 20.1 Å². The highest BCUT2D eigenvalue weighted by molar-refractivity contribution is 5.90. The number of urea groups is 1. The first-order chi connectivity index (χ1) is 10.8. The molecule has 2 aliphatic rings. The summed E-state index contributed by atoms with van der Waals surface area (Å²) in [4.78, 5) is 12.0. The van der Waals surface area contributed by atoms with Gasteiger partial charge in [0.1, 0.15) is 5.75 Å². The van der Waals surface area contributed by atoms with Gasteiger partial charge >= 0.3 is 6.03 Å². The van der Waals surface area contributed by atoms with Crippen molar-refractivity contribution < 1.29 is 14.3 Å². The van der Waals surface area contributed by atoms with Crippen molar-refractivity contribution in [3.8, 4) is 5.75 Å². The zero-order valence-electron chi connectivity index (χ0n) is 12.8. The number of para-hydroxylation sites is 2. The van der Waals surface area contributed by atoms with Crippen LogP contribution in [0.25, 0.3) is 0 Å². The highest BCUT2D eigenvalue weighted by Crippen LogP contribution is 2.29. The summed E-state index contributed by atoms with van der Waals surface area (Å²) in [6.45, 7) is 1.35. The van der Waals surface area contributed by atoms with Gasteiger partial charge in [-0.15, -0.1) is 0 Å². The summed E-state index contributed by atoms with van der Waals surface area (Å²) >= 11 is 0. The number of anilines is 1. The minimum Gasteiger partial charge on any atom is -0.488 e. The van der Waals surface area contributed by atoms with Crippen LogP contribution < -0.4 is 15.4 Å². The van der Waals surface area contributed by atoms with E-state index in [1.807, 2.05) is 24.3 Å². The van der Waals surface area contributed by atoms with Crippen LogP contribution in [0.3, 0.4) is 0 Å². The number of benzene rings is 1. The summed E-state index contributed by atoms with van der Waals surface area (Å²) in [5.74, 6) is 0.752. The Labute approximate surface area is 131 Å². The smallest absolute Gasteiger partial charge is 0.319 e. The van der Waals surface area contributed by atoms with E-state index in [0.29, 0.717) is 6.54 Å². The lowest BCUT2D eigenvalue weighted by Gasteiger charge is -2.17. The summed E-state index contributed by atoms with van der Waals surface area (Å²) in [5, 5.41) is 5.74. The highest BCUT2D eigenvalue weighted by atomic mass is 16.5. The Morgan fingerprint density at radius 3 is 2.77 bits per heavy atom. The van der Waals surface area contributed by atoms with Crippen LogP contribution in [-0.4, -0.2) is 31.4 Å². The maximum atomic E-state index is 12.0. The molecule has 0 radical (unpaired) electrons. The molecule has 1 saturated carbocycles. The SMILES string of the molecule is O=C(NCC1CCCO1)Nc1ccccc1OC1CCCC1. The van der Waals surface area contributed by atoms with E-state index in [-0.39, 0.29) is 18.2 Å². The summed E-state index contributed by atoms with van der Waals surface area (Å²) in [6.07, 6.45) is 7.16. The van der Waals surface area contributed by atoms with E-state index in [0.717, 1.165) is 43.7 Å². The molecule has 5 nitrogen and oxygen atoms in total. The van der Waals surface area contributed by atoms with Gasteiger partial charge in [-0.3, -0.25) is 0 Å². The summed E-state index contributed by atoms with van der Waals surface area (Å²) in [5.41, 5.74) is 0.722. The summed E-state index contributed by atoms with van der Waals surface area (Å²) in [7, 11) is 0. The number of hydrogen-bond donors (Lipinski definition) is 2. The Morgan fingerprint density at radius 2 is 2.00 bits per heavy atom. The second-order valence-electron chi connectivity index (χ2n) is 5.99. The number of amides is 2. The Bertz CT molecular complexity index is 494. The van der Waals surface area contributed by atoms with Crippen molar-refractivity contribution in [2.24, 2.45) is 0 Å². The molecule has 0 bridgehead atoms. The first-order valence-corrected chi connectivity index (χ1v) is 8.23. The van der Waals surface area contributed by atoms with Crippen molar-refractivity contribution in [1.29, 1.82) is 0 Å². The Hall–Kier alpha value is -1.75. The van der Waals surface area contributed by atoms with Crippen molar-refractivity contribution >= 4 is 11.7 Å². The van der Waals surface area contributed by atoms with Crippen LogP contribution in [0.5, 0.6) is 5.75 Å². The molecule has 5 heteroatoms. The molecule has 0 aromatic heterocycles. The van der Waals surface area contributed by atoms with Gasteiger partial charge in [0.05, 0.1) is 17.9 Å². The third kappa shape index (κ3) is 4.13. The van der Waals surface area contributed by atoms with Gasteiger partial charge in [-0.25, -0.2) is 4.79 Å². The molecule has 1 atom stereocenters. The topological polar surface area (TPSA) is 59.6 Å². The number of ether oxygens (including phenoxy) is 2. The van der Waals surface area contributed by atoms with Crippen molar-refractivity contribution in [3.63, 3.8) is 0 Å². The van der Waals surface area contributed by atoms with Crippen LogP contribution >= 0.6 is 0 Å². The maximum Gasteiger partial charge on any atom is 0.319 e. The normalized spacial score (nSPS) is 21.7. The predicted octanol–water partition coefficient (Wildman–Crippen LogP) is 3.31. The average molecular weight is 304 g/mol. The fourth-order valence-electron chi connectivity index (χ4n) is 3.04. The summed E-state index contributed by atoms with van der Waals surface area (Å²) < 4.78 is 11.5.